The van der Waals surface area contributed by atoms with E-state index in [0.29, 0.717) is 13.0 Å². The summed E-state index contributed by atoms with van der Waals surface area (Å²) in [7, 11) is 0. The van der Waals surface area contributed by atoms with Crippen LogP contribution in [-0.2, 0) is 4.79 Å². The van der Waals surface area contributed by atoms with E-state index in [2.05, 4.69) is 34.4 Å². The van der Waals surface area contributed by atoms with Crippen molar-refractivity contribution in [3.05, 3.63) is 27.8 Å². The van der Waals surface area contributed by atoms with Crippen LogP contribution in [0, 0.1) is 15.4 Å². The third-order valence-electron chi connectivity index (χ3n) is 1.89. The fourth-order valence-electron chi connectivity index (χ4n) is 1.09. The van der Waals surface area contributed by atoms with Crippen molar-refractivity contribution < 1.29 is 9.53 Å². The first-order chi connectivity index (χ1) is 7.84. The highest BCUT2D eigenvalue weighted by Gasteiger charge is 1.96. The average Bonchev–Trinajstić information content (AvgIpc) is 2.30. The fraction of sp³-hybridized carbons (Fsp3) is 0.308. The molecule has 0 saturated carbocycles. The second kappa shape index (κ2) is 8.17. The van der Waals surface area contributed by atoms with Gasteiger partial charge in [-0.1, -0.05) is 24.0 Å². The molecule has 1 rings (SSSR count). The maximum atomic E-state index is 10.0. The van der Waals surface area contributed by atoms with E-state index in [-0.39, 0.29) is 0 Å². The smallest absolute Gasteiger partial charge is 0.149 e. The quantitative estimate of drug-likeness (QED) is 0.359. The van der Waals surface area contributed by atoms with Crippen molar-refractivity contribution >= 4 is 28.9 Å². The Hall–Kier alpha value is -1.02. The van der Waals surface area contributed by atoms with Crippen LogP contribution in [0.3, 0.4) is 0 Å². The molecular weight excluding hydrogens is 315 g/mol. The summed E-state index contributed by atoms with van der Waals surface area (Å²) < 4.78 is 6.58. The van der Waals surface area contributed by atoms with Gasteiger partial charge in [-0.05, 0) is 41.1 Å². The summed E-state index contributed by atoms with van der Waals surface area (Å²) in [5.41, 5.74) is 0. The molecule has 0 N–H and O–H groups in total. The molecule has 0 fully saturated rings. The van der Waals surface area contributed by atoms with Crippen LogP contribution in [-0.4, -0.2) is 12.9 Å². The van der Waals surface area contributed by atoms with E-state index >= 15 is 0 Å². The Labute approximate surface area is 110 Å². The number of unbranched alkanes of at least 4 members (excludes halogenated alkanes) is 2. The average molecular weight is 328 g/mol. The minimum atomic E-state index is 0.404. The van der Waals surface area contributed by atoms with Crippen LogP contribution >= 0.6 is 22.6 Å². The molecule has 0 aliphatic rings. The standard InChI is InChI=1S/C13H13IO2/c14-12-8-4-5-9-13(12)16-11-7-3-1-2-6-10-15/h4-5,8-10H,1-2,6,11H2. The van der Waals surface area contributed by atoms with Gasteiger partial charge >= 0.3 is 0 Å². The van der Waals surface area contributed by atoms with Crippen LogP contribution in [0.25, 0.3) is 0 Å². The molecule has 16 heavy (non-hydrogen) atoms. The van der Waals surface area contributed by atoms with E-state index in [1.54, 1.807) is 0 Å². The van der Waals surface area contributed by atoms with Gasteiger partial charge in [-0.15, -0.1) is 0 Å². The maximum absolute atomic E-state index is 10.0. The van der Waals surface area contributed by atoms with Gasteiger partial charge in [-0.2, -0.15) is 0 Å². The molecule has 0 bridgehead atoms. The predicted octanol–water partition coefficient (Wildman–Crippen LogP) is 3.04. The largest absolute Gasteiger partial charge is 0.480 e. The summed E-state index contributed by atoms with van der Waals surface area (Å²) in [5, 5.41) is 0. The van der Waals surface area contributed by atoms with Gasteiger partial charge in [0.05, 0.1) is 3.57 Å². The Kier molecular flexibility index (Phi) is 6.66. The van der Waals surface area contributed by atoms with Crippen LogP contribution in [0.4, 0.5) is 0 Å². The first-order valence-electron chi connectivity index (χ1n) is 5.11. The summed E-state index contributed by atoms with van der Waals surface area (Å²) in [4.78, 5) is 10.0. The lowest BCUT2D eigenvalue weighted by Crippen LogP contribution is -1.95. The topological polar surface area (TPSA) is 26.3 Å². The predicted molar refractivity (Wildman–Crippen MR) is 72.3 cm³/mol. The Bertz CT molecular complexity index is 390. The summed E-state index contributed by atoms with van der Waals surface area (Å²) in [6.45, 7) is 0.404. The van der Waals surface area contributed by atoms with Crippen LogP contribution in [0.2, 0.25) is 0 Å². The van der Waals surface area contributed by atoms with E-state index in [9.17, 15) is 4.79 Å². The van der Waals surface area contributed by atoms with E-state index in [1.165, 1.54) is 0 Å². The van der Waals surface area contributed by atoms with Gasteiger partial charge in [-0.3, -0.25) is 0 Å². The first-order valence-corrected chi connectivity index (χ1v) is 6.19. The number of rotatable bonds is 5. The van der Waals surface area contributed by atoms with Gasteiger partial charge in [-0.25, -0.2) is 0 Å². The zero-order valence-corrected chi connectivity index (χ0v) is 11.1. The van der Waals surface area contributed by atoms with E-state index < -0.39 is 0 Å². The summed E-state index contributed by atoms with van der Waals surface area (Å²) in [6, 6.07) is 7.83. The molecule has 0 radical (unpaired) electrons. The van der Waals surface area contributed by atoms with Crippen molar-refractivity contribution in [3.63, 3.8) is 0 Å². The van der Waals surface area contributed by atoms with Crippen molar-refractivity contribution in [2.45, 2.75) is 19.3 Å². The van der Waals surface area contributed by atoms with Crippen molar-refractivity contribution in [2.24, 2.45) is 0 Å². The number of hydrogen-bond acceptors (Lipinski definition) is 2. The third kappa shape index (κ3) is 5.17. The normalized spacial score (nSPS) is 9.06. The minimum absolute atomic E-state index is 0.404. The zero-order chi connectivity index (χ0) is 11.6. The highest BCUT2D eigenvalue weighted by Crippen LogP contribution is 2.19. The first kappa shape index (κ1) is 13.0. The summed E-state index contributed by atoms with van der Waals surface area (Å²) in [6.07, 6.45) is 3.10. The lowest BCUT2D eigenvalue weighted by molar-refractivity contribution is -0.107. The Balaban J connectivity index is 2.25. The highest BCUT2D eigenvalue weighted by atomic mass is 127. The molecule has 1 aromatic carbocycles. The Morgan fingerprint density at radius 3 is 2.88 bits per heavy atom. The zero-order valence-electron chi connectivity index (χ0n) is 8.91. The second-order valence-corrected chi connectivity index (χ2v) is 4.29. The van der Waals surface area contributed by atoms with Gasteiger partial charge in [0, 0.05) is 12.8 Å². The number of hydrogen-bond donors (Lipinski definition) is 0. The number of carbonyl (C=O) groups excluding carboxylic acids is 1. The Morgan fingerprint density at radius 2 is 2.12 bits per heavy atom. The van der Waals surface area contributed by atoms with E-state index in [0.717, 1.165) is 28.4 Å². The van der Waals surface area contributed by atoms with Gasteiger partial charge in [0.25, 0.3) is 0 Å². The molecule has 0 atom stereocenters. The number of aldehydes is 1. The molecular formula is C13H13IO2. The van der Waals surface area contributed by atoms with Crippen LogP contribution < -0.4 is 4.74 Å². The van der Waals surface area contributed by atoms with E-state index in [1.807, 2.05) is 24.3 Å². The third-order valence-corrected chi connectivity index (χ3v) is 2.78. The molecule has 0 aliphatic carbocycles. The van der Waals surface area contributed by atoms with Crippen molar-refractivity contribution in [1.29, 1.82) is 0 Å². The molecule has 0 saturated heterocycles. The van der Waals surface area contributed by atoms with Gasteiger partial charge < -0.3 is 9.53 Å². The molecule has 0 aromatic heterocycles. The molecule has 2 nitrogen and oxygen atoms in total. The minimum Gasteiger partial charge on any atom is -0.480 e. The molecule has 1 aromatic rings. The van der Waals surface area contributed by atoms with Crippen LogP contribution in [0.15, 0.2) is 24.3 Å². The van der Waals surface area contributed by atoms with Gasteiger partial charge in [0.2, 0.25) is 0 Å². The molecule has 0 aliphatic heterocycles. The number of carbonyl (C=O) groups is 1. The second-order valence-electron chi connectivity index (χ2n) is 3.13. The van der Waals surface area contributed by atoms with Crippen molar-refractivity contribution in [2.75, 3.05) is 6.61 Å². The highest BCUT2D eigenvalue weighted by molar-refractivity contribution is 14.1. The van der Waals surface area contributed by atoms with E-state index in [4.69, 9.17) is 4.74 Å². The molecule has 0 spiro atoms. The van der Waals surface area contributed by atoms with Gasteiger partial charge in [0.15, 0.2) is 0 Å². The Morgan fingerprint density at radius 1 is 1.31 bits per heavy atom. The fourth-order valence-corrected chi connectivity index (χ4v) is 1.63. The SMILES string of the molecule is O=CCCCC#CCOc1ccccc1I. The van der Waals surface area contributed by atoms with Crippen LogP contribution in [0.5, 0.6) is 5.75 Å². The lowest BCUT2D eigenvalue weighted by atomic mass is 10.2. The monoisotopic (exact) mass is 328 g/mol. The molecule has 3 heteroatoms. The van der Waals surface area contributed by atoms with Crippen molar-refractivity contribution in [3.8, 4) is 17.6 Å². The molecule has 84 valence electrons. The van der Waals surface area contributed by atoms with Gasteiger partial charge in [0.1, 0.15) is 18.6 Å². The number of para-hydroxylation sites is 1. The lowest BCUT2D eigenvalue weighted by Gasteiger charge is -2.03. The molecule has 0 unspecified atom stereocenters. The number of halogens is 1. The van der Waals surface area contributed by atoms with Crippen molar-refractivity contribution in [1.82, 2.24) is 0 Å². The summed E-state index contributed by atoms with van der Waals surface area (Å²) >= 11 is 2.23. The van der Waals surface area contributed by atoms with Crippen LogP contribution in [0.1, 0.15) is 19.3 Å². The summed E-state index contributed by atoms with van der Waals surface area (Å²) in [5.74, 6) is 6.77. The number of benzene rings is 1. The molecule has 0 amide bonds. The molecule has 0 heterocycles. The maximum Gasteiger partial charge on any atom is 0.149 e. The number of ether oxygens (including phenoxy) is 1.